The van der Waals surface area contributed by atoms with Crippen LogP contribution in [0.5, 0.6) is 11.5 Å². The zero-order valence-corrected chi connectivity index (χ0v) is 23.7. The van der Waals surface area contributed by atoms with E-state index in [9.17, 15) is 4.79 Å². The highest BCUT2D eigenvalue weighted by Crippen LogP contribution is 2.37. The summed E-state index contributed by atoms with van der Waals surface area (Å²) < 4.78 is 12.3. The Hall–Kier alpha value is -3.55. The van der Waals surface area contributed by atoms with Gasteiger partial charge in [-0.2, -0.15) is 16.9 Å². The molecule has 0 aromatic heterocycles. The number of hydrogen-bond acceptors (Lipinski definition) is 5. The fraction of sp³-hybridized carbons (Fsp3) is 0.161. The smallest absolute Gasteiger partial charge is 0.271 e. The van der Waals surface area contributed by atoms with E-state index in [1.807, 2.05) is 66.4 Å². The van der Waals surface area contributed by atoms with Gasteiger partial charge < -0.3 is 9.47 Å². The van der Waals surface area contributed by atoms with Crippen molar-refractivity contribution in [2.24, 2.45) is 5.10 Å². The van der Waals surface area contributed by atoms with Crippen LogP contribution in [0.3, 0.4) is 0 Å². The Labute approximate surface area is 236 Å². The first-order valence-electron chi connectivity index (χ1n) is 12.1. The van der Waals surface area contributed by atoms with Crippen LogP contribution in [-0.2, 0) is 18.1 Å². The van der Waals surface area contributed by atoms with Crippen molar-refractivity contribution in [2.45, 2.75) is 25.0 Å². The topological polar surface area (TPSA) is 59.9 Å². The van der Waals surface area contributed by atoms with Crippen molar-refractivity contribution in [3.8, 4) is 11.5 Å². The highest BCUT2D eigenvalue weighted by molar-refractivity contribution is 9.10. The number of halogens is 1. The van der Waals surface area contributed by atoms with Crippen molar-refractivity contribution < 1.29 is 14.3 Å². The average molecular weight is 590 g/mol. The molecule has 4 aromatic carbocycles. The van der Waals surface area contributed by atoms with Crippen LogP contribution in [0.4, 0.5) is 0 Å². The van der Waals surface area contributed by atoms with Gasteiger partial charge in [-0.15, -0.1) is 0 Å². The van der Waals surface area contributed by atoms with Gasteiger partial charge in [-0.3, -0.25) is 4.79 Å². The van der Waals surface area contributed by atoms with E-state index in [1.165, 1.54) is 16.7 Å². The second-order valence-electron chi connectivity index (χ2n) is 8.68. The van der Waals surface area contributed by atoms with Crippen LogP contribution in [0.2, 0.25) is 0 Å². The van der Waals surface area contributed by atoms with Gasteiger partial charge in [-0.05, 0) is 69.4 Å². The van der Waals surface area contributed by atoms with Gasteiger partial charge in [0.1, 0.15) is 6.61 Å². The summed E-state index contributed by atoms with van der Waals surface area (Å²) in [6, 6.07) is 29.9. The summed E-state index contributed by atoms with van der Waals surface area (Å²) in [5.74, 6) is 2.75. The Morgan fingerprint density at radius 1 is 0.921 bits per heavy atom. The molecule has 1 amide bonds. The lowest BCUT2D eigenvalue weighted by atomic mass is 10.1. The first-order chi connectivity index (χ1) is 18.5. The maximum atomic E-state index is 12.5. The van der Waals surface area contributed by atoms with E-state index < -0.39 is 0 Å². The number of aryl methyl sites for hydroxylation is 1. The number of nitrogens with zero attached hydrogens (tertiary/aromatic N) is 1. The molecule has 0 aliphatic rings. The van der Waals surface area contributed by atoms with Crippen LogP contribution in [-0.4, -0.2) is 19.2 Å². The molecule has 194 valence electrons. The summed E-state index contributed by atoms with van der Waals surface area (Å²) in [4.78, 5) is 12.5. The van der Waals surface area contributed by atoms with Crippen LogP contribution in [0.1, 0.15) is 38.2 Å². The quantitative estimate of drug-likeness (QED) is 0.145. The predicted molar refractivity (Wildman–Crippen MR) is 159 cm³/mol. The Balaban J connectivity index is 1.30. The summed E-state index contributed by atoms with van der Waals surface area (Å²) in [7, 11) is 1.59. The van der Waals surface area contributed by atoms with E-state index in [4.69, 9.17) is 9.47 Å². The molecule has 38 heavy (non-hydrogen) atoms. The summed E-state index contributed by atoms with van der Waals surface area (Å²) >= 11 is 5.41. The van der Waals surface area contributed by atoms with Gasteiger partial charge in [0, 0.05) is 17.1 Å². The number of rotatable bonds is 11. The molecule has 0 saturated heterocycles. The molecule has 7 heteroatoms. The van der Waals surface area contributed by atoms with Crippen LogP contribution in [0.15, 0.2) is 101 Å². The normalized spacial score (nSPS) is 10.9. The maximum Gasteiger partial charge on any atom is 0.271 e. The molecular formula is C31H29BrN2O3S. The zero-order chi connectivity index (χ0) is 26.7. The Bertz CT molecular complexity index is 1380. The average Bonchev–Trinajstić information content (AvgIpc) is 2.94. The molecule has 0 radical (unpaired) electrons. The lowest BCUT2D eigenvalue weighted by Crippen LogP contribution is -2.17. The number of carbonyl (C=O) groups is 1. The number of hydrazone groups is 1. The predicted octanol–water partition coefficient (Wildman–Crippen LogP) is 7.54. The summed E-state index contributed by atoms with van der Waals surface area (Å²) in [6.45, 7) is 2.47. The lowest BCUT2D eigenvalue weighted by molar-refractivity contribution is 0.0955. The van der Waals surface area contributed by atoms with E-state index in [2.05, 4.69) is 69.8 Å². The van der Waals surface area contributed by atoms with Crippen molar-refractivity contribution in [1.29, 1.82) is 0 Å². The molecule has 0 spiro atoms. The molecule has 0 aliphatic heterocycles. The Kier molecular flexibility index (Phi) is 10.0. The molecule has 5 nitrogen and oxygen atoms in total. The number of benzene rings is 4. The highest BCUT2D eigenvalue weighted by atomic mass is 79.9. The van der Waals surface area contributed by atoms with E-state index >= 15 is 0 Å². The first kappa shape index (κ1) is 27.5. The van der Waals surface area contributed by atoms with Crippen LogP contribution in [0.25, 0.3) is 0 Å². The SMILES string of the molecule is COc1cc(/C=N\NC(=O)c2ccc(CSCc3ccccc3)cc2)cc(Br)c1OCc1ccc(C)cc1. The molecule has 0 heterocycles. The fourth-order valence-corrected chi connectivity index (χ4v) is 5.17. The number of amides is 1. The standard InChI is InChI=1S/C31H29BrN2O3S/c1-22-8-10-23(11-9-22)19-37-30-28(32)16-26(17-29(30)36-2)18-33-34-31(35)27-14-12-25(13-15-27)21-38-20-24-6-4-3-5-7-24/h3-18H,19-21H2,1-2H3,(H,34,35)/b33-18-. The summed E-state index contributed by atoms with van der Waals surface area (Å²) in [6.07, 6.45) is 1.57. The van der Waals surface area contributed by atoms with E-state index in [1.54, 1.807) is 13.3 Å². The molecule has 0 atom stereocenters. The van der Waals surface area contributed by atoms with Gasteiger partial charge in [0.2, 0.25) is 0 Å². The molecule has 0 bridgehead atoms. The number of ether oxygens (including phenoxy) is 2. The lowest BCUT2D eigenvalue weighted by Gasteiger charge is -2.13. The van der Waals surface area contributed by atoms with Gasteiger partial charge in [0.15, 0.2) is 11.5 Å². The van der Waals surface area contributed by atoms with Crippen LogP contribution >= 0.6 is 27.7 Å². The maximum absolute atomic E-state index is 12.5. The monoisotopic (exact) mass is 588 g/mol. The largest absolute Gasteiger partial charge is 0.493 e. The zero-order valence-electron chi connectivity index (χ0n) is 21.3. The second kappa shape index (κ2) is 13.8. The van der Waals surface area contributed by atoms with Crippen molar-refractivity contribution in [1.82, 2.24) is 5.43 Å². The van der Waals surface area contributed by atoms with Crippen LogP contribution < -0.4 is 14.9 Å². The molecule has 0 unspecified atom stereocenters. The summed E-state index contributed by atoms with van der Waals surface area (Å²) in [5.41, 5.74) is 8.65. The highest BCUT2D eigenvalue weighted by Gasteiger charge is 2.12. The van der Waals surface area contributed by atoms with E-state index in [0.717, 1.165) is 27.1 Å². The molecule has 0 fully saturated rings. The van der Waals surface area contributed by atoms with Gasteiger partial charge in [0.05, 0.1) is 17.8 Å². The first-order valence-corrected chi connectivity index (χ1v) is 14.1. The van der Waals surface area contributed by atoms with E-state index in [-0.39, 0.29) is 5.91 Å². The third kappa shape index (κ3) is 7.97. The minimum absolute atomic E-state index is 0.270. The fourth-order valence-electron chi connectivity index (χ4n) is 3.64. The van der Waals surface area contributed by atoms with Gasteiger partial charge in [-0.25, -0.2) is 5.43 Å². The third-order valence-corrected chi connectivity index (χ3v) is 7.40. The van der Waals surface area contributed by atoms with Crippen molar-refractivity contribution in [2.75, 3.05) is 7.11 Å². The number of nitrogens with one attached hydrogen (secondary N) is 1. The van der Waals surface area contributed by atoms with E-state index in [0.29, 0.717) is 23.7 Å². The third-order valence-electron chi connectivity index (χ3n) is 5.73. The number of thioether (sulfide) groups is 1. The second-order valence-corrected chi connectivity index (χ2v) is 10.5. The molecule has 0 saturated carbocycles. The minimum Gasteiger partial charge on any atom is -0.493 e. The minimum atomic E-state index is -0.270. The molecular weight excluding hydrogens is 560 g/mol. The molecule has 1 N–H and O–H groups in total. The number of carbonyl (C=O) groups excluding carboxylic acids is 1. The van der Waals surface area contributed by atoms with Gasteiger partial charge >= 0.3 is 0 Å². The molecule has 0 aliphatic carbocycles. The Morgan fingerprint density at radius 2 is 1.58 bits per heavy atom. The van der Waals surface area contributed by atoms with Gasteiger partial charge in [-0.1, -0.05) is 72.3 Å². The number of hydrogen-bond donors (Lipinski definition) is 1. The van der Waals surface area contributed by atoms with Crippen molar-refractivity contribution in [3.05, 3.63) is 129 Å². The van der Waals surface area contributed by atoms with Crippen molar-refractivity contribution in [3.63, 3.8) is 0 Å². The molecule has 4 rings (SSSR count). The summed E-state index contributed by atoms with van der Waals surface area (Å²) in [5, 5.41) is 4.13. The number of methoxy groups -OCH3 is 1. The van der Waals surface area contributed by atoms with Crippen LogP contribution in [0, 0.1) is 6.92 Å². The Morgan fingerprint density at radius 3 is 2.26 bits per heavy atom. The molecule has 4 aromatic rings. The van der Waals surface area contributed by atoms with Crippen molar-refractivity contribution >= 4 is 39.8 Å². The van der Waals surface area contributed by atoms with Gasteiger partial charge in [0.25, 0.3) is 5.91 Å².